The molecule has 0 aliphatic rings. The Kier molecular flexibility index (Phi) is 6.58. The fourth-order valence-electron chi connectivity index (χ4n) is 2.33. The summed E-state index contributed by atoms with van der Waals surface area (Å²) >= 11 is 0. The van der Waals surface area contributed by atoms with Crippen LogP contribution in [0.2, 0.25) is 0 Å². The average molecular weight is 292 g/mol. The Morgan fingerprint density at radius 3 is 2.18 bits per heavy atom. The lowest BCUT2D eigenvalue weighted by Gasteiger charge is -2.00. The molecule has 0 spiro atoms. The van der Waals surface area contributed by atoms with E-state index >= 15 is 0 Å². The molecule has 0 bridgehead atoms. The van der Waals surface area contributed by atoms with Crippen molar-refractivity contribution in [3.05, 3.63) is 65.2 Å². The van der Waals surface area contributed by atoms with Crippen molar-refractivity contribution in [2.45, 2.75) is 39.0 Å². The van der Waals surface area contributed by atoms with Crippen LogP contribution in [0.25, 0.3) is 0 Å². The Bertz CT molecular complexity index is 612. The number of hydrogen-bond donors (Lipinski definition) is 0. The number of ether oxygens (including phenoxy) is 1. The summed E-state index contributed by atoms with van der Waals surface area (Å²) in [5.41, 5.74) is 3.71. The van der Waals surface area contributed by atoms with E-state index in [0.717, 1.165) is 17.7 Å². The standard InChI is InChI=1S/C21H24O/c1-3-4-5-7-18-10-12-19(13-11-18)8-6-9-20-14-16-21(22-2)17-15-20/h10-17H,3-5,7,9H2,1-2H3. The summed E-state index contributed by atoms with van der Waals surface area (Å²) in [6, 6.07) is 16.7. The topological polar surface area (TPSA) is 9.23 Å². The molecule has 2 aromatic carbocycles. The van der Waals surface area contributed by atoms with Crippen LogP contribution in [0.4, 0.5) is 0 Å². The molecular formula is C21H24O. The third kappa shape index (κ3) is 5.30. The monoisotopic (exact) mass is 292 g/mol. The molecule has 114 valence electrons. The van der Waals surface area contributed by atoms with Gasteiger partial charge in [0.25, 0.3) is 0 Å². The normalized spacial score (nSPS) is 9.91. The maximum atomic E-state index is 5.15. The summed E-state index contributed by atoms with van der Waals surface area (Å²) in [4.78, 5) is 0. The van der Waals surface area contributed by atoms with E-state index in [1.807, 2.05) is 12.1 Å². The molecule has 0 atom stereocenters. The Labute approximate surface area is 134 Å². The molecule has 0 amide bonds. The van der Waals surface area contributed by atoms with Crippen LogP contribution in [-0.2, 0) is 12.8 Å². The highest BCUT2D eigenvalue weighted by molar-refractivity contribution is 5.38. The predicted octanol–water partition coefficient (Wildman–Crippen LogP) is 5.02. The first-order valence-corrected chi connectivity index (χ1v) is 8.02. The molecule has 0 aliphatic heterocycles. The number of benzene rings is 2. The first-order chi connectivity index (χ1) is 10.8. The van der Waals surface area contributed by atoms with Crippen LogP contribution in [0.3, 0.4) is 0 Å². The van der Waals surface area contributed by atoms with Crippen LogP contribution in [0.15, 0.2) is 48.5 Å². The zero-order valence-electron chi connectivity index (χ0n) is 13.6. The van der Waals surface area contributed by atoms with Gasteiger partial charge in [-0.3, -0.25) is 0 Å². The van der Waals surface area contributed by atoms with Crippen LogP contribution in [0, 0.1) is 11.8 Å². The summed E-state index contributed by atoms with van der Waals surface area (Å²) in [6.45, 7) is 2.24. The maximum absolute atomic E-state index is 5.15. The molecule has 0 aliphatic carbocycles. The molecule has 0 aromatic heterocycles. The van der Waals surface area contributed by atoms with Crippen LogP contribution in [0.5, 0.6) is 5.75 Å². The molecule has 0 unspecified atom stereocenters. The molecule has 0 saturated heterocycles. The smallest absolute Gasteiger partial charge is 0.118 e. The fraction of sp³-hybridized carbons (Fsp3) is 0.333. The number of aryl methyl sites for hydroxylation is 1. The van der Waals surface area contributed by atoms with Gasteiger partial charge in [-0.1, -0.05) is 55.9 Å². The van der Waals surface area contributed by atoms with E-state index in [4.69, 9.17) is 4.74 Å². The van der Waals surface area contributed by atoms with E-state index in [-0.39, 0.29) is 0 Å². The molecule has 0 fully saturated rings. The van der Waals surface area contributed by atoms with E-state index in [9.17, 15) is 0 Å². The highest BCUT2D eigenvalue weighted by atomic mass is 16.5. The van der Waals surface area contributed by atoms with Crippen LogP contribution >= 0.6 is 0 Å². The second-order valence-electron chi connectivity index (χ2n) is 5.48. The summed E-state index contributed by atoms with van der Waals surface area (Å²) in [5.74, 6) is 7.36. The molecule has 22 heavy (non-hydrogen) atoms. The Morgan fingerprint density at radius 2 is 1.55 bits per heavy atom. The van der Waals surface area contributed by atoms with Crippen LogP contribution in [0.1, 0.15) is 42.9 Å². The van der Waals surface area contributed by atoms with Crippen molar-refractivity contribution in [3.63, 3.8) is 0 Å². The molecule has 0 radical (unpaired) electrons. The first kappa shape index (κ1) is 16.2. The van der Waals surface area contributed by atoms with Gasteiger partial charge >= 0.3 is 0 Å². The largest absolute Gasteiger partial charge is 0.497 e. The minimum atomic E-state index is 0.766. The zero-order valence-corrected chi connectivity index (χ0v) is 13.6. The van der Waals surface area contributed by atoms with Crippen molar-refractivity contribution in [2.24, 2.45) is 0 Å². The quantitative estimate of drug-likeness (QED) is 0.536. The molecule has 2 rings (SSSR count). The minimum Gasteiger partial charge on any atom is -0.497 e. The van der Waals surface area contributed by atoms with Gasteiger partial charge in [0.1, 0.15) is 5.75 Å². The third-order valence-corrected chi connectivity index (χ3v) is 3.71. The molecule has 0 heterocycles. The van der Waals surface area contributed by atoms with Crippen molar-refractivity contribution in [3.8, 4) is 17.6 Å². The summed E-state index contributed by atoms with van der Waals surface area (Å²) < 4.78 is 5.15. The van der Waals surface area contributed by atoms with Gasteiger partial charge in [-0.25, -0.2) is 0 Å². The predicted molar refractivity (Wildman–Crippen MR) is 93.2 cm³/mol. The fourth-order valence-corrected chi connectivity index (χ4v) is 2.33. The second kappa shape index (κ2) is 8.95. The van der Waals surface area contributed by atoms with Crippen molar-refractivity contribution in [2.75, 3.05) is 7.11 Å². The van der Waals surface area contributed by atoms with E-state index in [2.05, 4.69) is 55.2 Å². The third-order valence-electron chi connectivity index (χ3n) is 3.71. The van der Waals surface area contributed by atoms with Gasteiger partial charge in [-0.2, -0.15) is 0 Å². The first-order valence-electron chi connectivity index (χ1n) is 8.02. The summed E-state index contributed by atoms with van der Waals surface area (Å²) in [6.07, 6.45) is 5.80. The number of unbranched alkanes of at least 4 members (excludes halogenated alkanes) is 2. The highest BCUT2D eigenvalue weighted by Gasteiger charge is 1.94. The summed E-state index contributed by atoms with van der Waals surface area (Å²) in [5, 5.41) is 0. The average Bonchev–Trinajstić information content (AvgIpc) is 2.57. The molecule has 1 nitrogen and oxygen atoms in total. The Balaban J connectivity index is 1.87. The molecule has 0 saturated carbocycles. The maximum Gasteiger partial charge on any atom is 0.118 e. The van der Waals surface area contributed by atoms with Crippen LogP contribution in [-0.4, -0.2) is 7.11 Å². The number of methoxy groups -OCH3 is 1. The van der Waals surface area contributed by atoms with Gasteiger partial charge in [0.05, 0.1) is 7.11 Å². The molecule has 1 heteroatoms. The molecule has 2 aromatic rings. The molecule has 0 N–H and O–H groups in total. The lowest BCUT2D eigenvalue weighted by Crippen LogP contribution is -1.86. The molecular weight excluding hydrogens is 268 g/mol. The summed E-state index contributed by atoms with van der Waals surface area (Å²) in [7, 11) is 1.68. The Morgan fingerprint density at radius 1 is 0.864 bits per heavy atom. The van der Waals surface area contributed by atoms with Gasteiger partial charge in [0, 0.05) is 12.0 Å². The van der Waals surface area contributed by atoms with Crippen molar-refractivity contribution in [1.29, 1.82) is 0 Å². The highest BCUT2D eigenvalue weighted by Crippen LogP contribution is 2.11. The lowest BCUT2D eigenvalue weighted by atomic mass is 10.1. The number of hydrogen-bond acceptors (Lipinski definition) is 1. The van der Waals surface area contributed by atoms with Gasteiger partial charge in [0.15, 0.2) is 0 Å². The number of rotatable bonds is 6. The van der Waals surface area contributed by atoms with Gasteiger partial charge in [-0.05, 0) is 48.2 Å². The van der Waals surface area contributed by atoms with Crippen molar-refractivity contribution < 1.29 is 4.74 Å². The second-order valence-corrected chi connectivity index (χ2v) is 5.48. The minimum absolute atomic E-state index is 0.766. The van der Waals surface area contributed by atoms with Gasteiger partial charge in [0.2, 0.25) is 0 Å². The SMILES string of the molecule is CCCCCc1ccc(C#CCc2ccc(OC)cc2)cc1. The van der Waals surface area contributed by atoms with E-state index in [0.29, 0.717) is 0 Å². The lowest BCUT2D eigenvalue weighted by molar-refractivity contribution is 0.414. The van der Waals surface area contributed by atoms with Crippen LogP contribution < -0.4 is 4.74 Å². The zero-order chi connectivity index (χ0) is 15.6. The van der Waals surface area contributed by atoms with Gasteiger partial charge in [-0.15, -0.1) is 0 Å². The van der Waals surface area contributed by atoms with Crippen molar-refractivity contribution >= 4 is 0 Å². The Hall–Kier alpha value is -2.20. The van der Waals surface area contributed by atoms with E-state index < -0.39 is 0 Å². The van der Waals surface area contributed by atoms with Crippen molar-refractivity contribution in [1.82, 2.24) is 0 Å². The van der Waals surface area contributed by atoms with E-state index in [1.165, 1.54) is 36.8 Å². The van der Waals surface area contributed by atoms with E-state index in [1.54, 1.807) is 7.11 Å². The van der Waals surface area contributed by atoms with Gasteiger partial charge < -0.3 is 4.74 Å².